The third-order valence-electron chi connectivity index (χ3n) is 6.52. The van der Waals surface area contributed by atoms with Crippen molar-refractivity contribution >= 4 is 5.91 Å². The second kappa shape index (κ2) is 7.61. The Labute approximate surface area is 176 Å². The molecule has 5 rings (SSSR count). The molecule has 0 bridgehead atoms. The summed E-state index contributed by atoms with van der Waals surface area (Å²) < 4.78 is 7.10. The van der Waals surface area contributed by atoms with Crippen molar-refractivity contribution in [2.45, 2.75) is 6.04 Å². The van der Waals surface area contributed by atoms with E-state index in [-0.39, 0.29) is 5.91 Å². The Morgan fingerprint density at radius 1 is 1.03 bits per heavy atom. The van der Waals surface area contributed by atoms with E-state index in [1.807, 2.05) is 53.6 Å². The lowest BCUT2D eigenvalue weighted by Crippen LogP contribution is -2.33. The van der Waals surface area contributed by atoms with E-state index in [0.717, 1.165) is 36.6 Å². The number of likely N-dealkylation sites (tertiary alicyclic amines) is 2. The molecule has 3 heterocycles. The first-order chi connectivity index (χ1) is 14.6. The number of nitrogens with zero attached hydrogens (tertiary/aromatic N) is 4. The van der Waals surface area contributed by atoms with E-state index in [2.05, 4.69) is 29.2 Å². The first kappa shape index (κ1) is 18.9. The summed E-state index contributed by atoms with van der Waals surface area (Å²) in [6.45, 7) is 2.64. The lowest BCUT2D eigenvalue weighted by molar-refractivity contribution is 0.0768. The molecule has 6 nitrogen and oxygen atoms in total. The van der Waals surface area contributed by atoms with Gasteiger partial charge in [0.15, 0.2) is 0 Å². The summed E-state index contributed by atoms with van der Waals surface area (Å²) in [6.07, 6.45) is 3.65. The van der Waals surface area contributed by atoms with Gasteiger partial charge in [0.2, 0.25) is 0 Å². The molecule has 1 amide bonds. The molecule has 0 radical (unpaired) electrons. The predicted octanol–water partition coefficient (Wildman–Crippen LogP) is 3.26. The van der Waals surface area contributed by atoms with Crippen molar-refractivity contribution in [3.63, 3.8) is 0 Å². The molecule has 0 N–H and O–H groups in total. The van der Waals surface area contributed by atoms with E-state index in [1.54, 1.807) is 18.0 Å². The van der Waals surface area contributed by atoms with E-state index in [9.17, 15) is 4.79 Å². The minimum atomic E-state index is 0.118. The van der Waals surface area contributed by atoms with Crippen molar-refractivity contribution < 1.29 is 9.53 Å². The van der Waals surface area contributed by atoms with Crippen LogP contribution in [0.2, 0.25) is 0 Å². The molecule has 0 aliphatic carbocycles. The van der Waals surface area contributed by atoms with Crippen LogP contribution in [0, 0.1) is 11.8 Å². The first-order valence-electron chi connectivity index (χ1n) is 10.4. The molecular formula is C24H26N4O2. The van der Waals surface area contributed by atoms with Crippen molar-refractivity contribution in [3.05, 3.63) is 78.1 Å². The van der Waals surface area contributed by atoms with E-state index < -0.39 is 0 Å². The summed E-state index contributed by atoms with van der Waals surface area (Å²) in [7, 11) is 3.88. The number of benzene rings is 2. The Kier molecular flexibility index (Phi) is 4.79. The SMILES string of the molecule is COc1ccc([C@@H]2[C@@H]3CN(C(=O)c4ccc(-n5cccn5)cc4)C[C@@H]3CN2C)cc1. The molecule has 1 aromatic heterocycles. The topological polar surface area (TPSA) is 50.6 Å². The number of aromatic nitrogens is 2. The van der Waals surface area contributed by atoms with Gasteiger partial charge in [0, 0.05) is 49.6 Å². The van der Waals surface area contributed by atoms with Crippen LogP contribution in [0.15, 0.2) is 67.0 Å². The smallest absolute Gasteiger partial charge is 0.253 e. The average Bonchev–Trinajstić information content (AvgIpc) is 3.50. The molecule has 2 aromatic carbocycles. The van der Waals surface area contributed by atoms with Crippen LogP contribution in [0.1, 0.15) is 22.0 Å². The van der Waals surface area contributed by atoms with E-state index in [1.165, 1.54) is 5.56 Å². The Morgan fingerprint density at radius 3 is 2.47 bits per heavy atom. The van der Waals surface area contributed by atoms with E-state index in [4.69, 9.17) is 4.74 Å². The summed E-state index contributed by atoms with van der Waals surface area (Å²) in [5, 5.41) is 4.24. The monoisotopic (exact) mass is 402 g/mol. The van der Waals surface area contributed by atoms with Crippen molar-refractivity contribution in [2.24, 2.45) is 11.8 Å². The molecule has 3 aromatic rings. The Morgan fingerprint density at radius 2 is 1.80 bits per heavy atom. The van der Waals surface area contributed by atoms with Gasteiger partial charge < -0.3 is 9.64 Å². The number of methoxy groups -OCH3 is 1. The molecule has 2 aliphatic heterocycles. The minimum absolute atomic E-state index is 0.118. The highest BCUT2D eigenvalue weighted by molar-refractivity contribution is 5.94. The third kappa shape index (κ3) is 3.27. The molecule has 2 fully saturated rings. The minimum Gasteiger partial charge on any atom is -0.497 e. The average molecular weight is 402 g/mol. The molecule has 2 aliphatic rings. The van der Waals surface area contributed by atoms with Gasteiger partial charge in [-0.05, 0) is 61.0 Å². The van der Waals surface area contributed by atoms with Gasteiger partial charge >= 0.3 is 0 Å². The zero-order valence-corrected chi connectivity index (χ0v) is 17.3. The maximum Gasteiger partial charge on any atom is 0.253 e. The van der Waals surface area contributed by atoms with Gasteiger partial charge in [-0.2, -0.15) is 5.10 Å². The number of hydrogen-bond donors (Lipinski definition) is 0. The van der Waals surface area contributed by atoms with Gasteiger partial charge in [0.1, 0.15) is 5.75 Å². The van der Waals surface area contributed by atoms with Crippen LogP contribution in [0.25, 0.3) is 5.69 Å². The van der Waals surface area contributed by atoms with Gasteiger partial charge in [0.25, 0.3) is 5.91 Å². The van der Waals surface area contributed by atoms with E-state index >= 15 is 0 Å². The molecule has 30 heavy (non-hydrogen) atoms. The fraction of sp³-hybridized carbons (Fsp3) is 0.333. The van der Waals surface area contributed by atoms with Gasteiger partial charge in [-0.15, -0.1) is 0 Å². The summed E-state index contributed by atoms with van der Waals surface area (Å²) in [6, 6.07) is 18.3. The number of amides is 1. The fourth-order valence-corrected chi connectivity index (χ4v) is 5.09. The zero-order chi connectivity index (χ0) is 20.7. The molecule has 2 saturated heterocycles. The van der Waals surface area contributed by atoms with E-state index in [0.29, 0.717) is 17.9 Å². The number of carbonyl (C=O) groups is 1. The maximum atomic E-state index is 13.2. The van der Waals surface area contributed by atoms with Crippen LogP contribution in [0.4, 0.5) is 0 Å². The number of fused-ring (bicyclic) bond motifs is 1. The Hall–Kier alpha value is -3.12. The standard InChI is InChI=1S/C24H26N4O2/c1-26-14-19-15-27(16-22(19)23(26)17-6-10-21(30-2)11-7-17)24(29)18-4-8-20(9-5-18)28-13-3-12-25-28/h3-13,19,22-23H,14-16H2,1-2H3/t19-,22+,23+/m0/s1. The molecule has 154 valence electrons. The summed E-state index contributed by atoms with van der Waals surface area (Å²) in [4.78, 5) is 17.6. The number of rotatable bonds is 4. The van der Waals surface area contributed by atoms with Gasteiger partial charge in [-0.25, -0.2) is 4.68 Å². The molecule has 3 atom stereocenters. The van der Waals surface area contributed by atoms with Crippen LogP contribution in [-0.2, 0) is 0 Å². The quantitative estimate of drug-likeness (QED) is 0.672. The highest BCUT2D eigenvalue weighted by Gasteiger charge is 2.47. The second-order valence-corrected chi connectivity index (χ2v) is 8.29. The van der Waals surface area contributed by atoms with Crippen molar-refractivity contribution in [1.29, 1.82) is 0 Å². The third-order valence-corrected chi connectivity index (χ3v) is 6.52. The first-order valence-corrected chi connectivity index (χ1v) is 10.4. The summed E-state index contributed by atoms with van der Waals surface area (Å²) in [5.41, 5.74) is 2.99. The molecule has 6 heteroatoms. The van der Waals surface area contributed by atoms with Gasteiger partial charge in [-0.1, -0.05) is 12.1 Å². The second-order valence-electron chi connectivity index (χ2n) is 8.29. The van der Waals surface area contributed by atoms with Crippen molar-refractivity contribution in [1.82, 2.24) is 19.6 Å². The number of hydrogen-bond acceptors (Lipinski definition) is 4. The van der Waals surface area contributed by atoms with Crippen LogP contribution < -0.4 is 4.74 Å². The highest BCUT2D eigenvalue weighted by atomic mass is 16.5. The number of ether oxygens (including phenoxy) is 1. The van der Waals surface area contributed by atoms with Crippen LogP contribution >= 0.6 is 0 Å². The maximum absolute atomic E-state index is 13.2. The fourth-order valence-electron chi connectivity index (χ4n) is 5.09. The number of carbonyl (C=O) groups excluding carboxylic acids is 1. The van der Waals surface area contributed by atoms with Crippen LogP contribution in [-0.4, -0.2) is 59.3 Å². The van der Waals surface area contributed by atoms with Gasteiger partial charge in [0.05, 0.1) is 12.8 Å². The summed E-state index contributed by atoms with van der Waals surface area (Å²) in [5.74, 6) is 1.95. The normalized spacial score (nSPS) is 23.5. The highest BCUT2D eigenvalue weighted by Crippen LogP contribution is 2.44. The van der Waals surface area contributed by atoms with Crippen molar-refractivity contribution in [2.75, 3.05) is 33.8 Å². The van der Waals surface area contributed by atoms with Crippen LogP contribution in [0.5, 0.6) is 5.75 Å². The Balaban J connectivity index is 1.31. The lowest BCUT2D eigenvalue weighted by atomic mass is 9.89. The predicted molar refractivity (Wildman–Crippen MR) is 115 cm³/mol. The largest absolute Gasteiger partial charge is 0.497 e. The zero-order valence-electron chi connectivity index (χ0n) is 17.3. The molecule has 0 spiro atoms. The van der Waals surface area contributed by atoms with Gasteiger partial charge in [-0.3, -0.25) is 9.69 Å². The molecular weight excluding hydrogens is 376 g/mol. The van der Waals surface area contributed by atoms with Crippen LogP contribution in [0.3, 0.4) is 0 Å². The molecule has 0 saturated carbocycles. The summed E-state index contributed by atoms with van der Waals surface area (Å²) >= 11 is 0. The van der Waals surface area contributed by atoms with Crippen molar-refractivity contribution in [3.8, 4) is 11.4 Å². The lowest BCUT2D eigenvalue weighted by Gasteiger charge is -2.27. The molecule has 0 unspecified atom stereocenters. The Bertz CT molecular complexity index is 1010.